The molecule has 4 rings (SSSR count). The number of aliphatic hydroxyl groups excluding tert-OH is 1. The molecule has 0 aliphatic carbocycles. The van der Waals surface area contributed by atoms with Gasteiger partial charge < -0.3 is 9.52 Å². The molecule has 0 bridgehead atoms. The van der Waals surface area contributed by atoms with Crippen LogP contribution >= 0.6 is 0 Å². The quantitative estimate of drug-likeness (QED) is 0.489. The van der Waals surface area contributed by atoms with Crippen LogP contribution in [-0.4, -0.2) is 5.11 Å². The van der Waals surface area contributed by atoms with E-state index in [0.717, 1.165) is 27.7 Å². The Morgan fingerprint density at radius 1 is 0.720 bits per heavy atom. The second kappa shape index (κ2) is 6.80. The summed E-state index contributed by atoms with van der Waals surface area (Å²) in [6, 6.07) is 27.7. The fraction of sp³-hybridized carbons (Fsp3) is 0.0435. The van der Waals surface area contributed by atoms with E-state index in [9.17, 15) is 5.11 Å². The van der Waals surface area contributed by atoms with Crippen LogP contribution in [0.4, 0.5) is 0 Å². The number of rotatable bonds is 4. The average Bonchev–Trinajstić information content (AvgIpc) is 3.11. The van der Waals surface area contributed by atoms with Crippen LogP contribution in [0.2, 0.25) is 0 Å². The van der Waals surface area contributed by atoms with Crippen LogP contribution in [0.1, 0.15) is 28.6 Å². The zero-order valence-corrected chi connectivity index (χ0v) is 13.7. The summed E-state index contributed by atoms with van der Waals surface area (Å²) in [6.45, 7) is 0. The number of benzene rings is 3. The van der Waals surface area contributed by atoms with Gasteiger partial charge in [-0.25, -0.2) is 0 Å². The standard InChI is InChI=1S/C23H18O2/c24-23(22-16-20-8-4-5-9-21(20)25-22)19-14-12-18(13-15-19)11-10-17-6-2-1-3-7-17/h1-16,23-24H/b11-10+. The molecule has 2 nitrogen and oxygen atoms in total. The summed E-state index contributed by atoms with van der Waals surface area (Å²) in [4.78, 5) is 0. The molecule has 1 atom stereocenters. The lowest BCUT2D eigenvalue weighted by Gasteiger charge is -2.08. The first-order valence-electron chi connectivity index (χ1n) is 8.29. The van der Waals surface area contributed by atoms with Gasteiger partial charge in [-0.15, -0.1) is 0 Å². The molecule has 0 saturated carbocycles. The van der Waals surface area contributed by atoms with Crippen LogP contribution < -0.4 is 0 Å². The van der Waals surface area contributed by atoms with Gasteiger partial charge in [-0.05, 0) is 28.8 Å². The SMILES string of the molecule is OC(c1ccc(/C=C/c2ccccc2)cc1)c1cc2ccccc2o1. The van der Waals surface area contributed by atoms with E-state index in [1.807, 2.05) is 72.8 Å². The number of hydrogen-bond donors (Lipinski definition) is 1. The summed E-state index contributed by atoms with van der Waals surface area (Å²) in [5, 5.41) is 11.6. The van der Waals surface area contributed by atoms with E-state index < -0.39 is 6.10 Å². The highest BCUT2D eigenvalue weighted by molar-refractivity contribution is 5.78. The minimum atomic E-state index is -0.764. The number of aliphatic hydroxyl groups is 1. The third-order valence-corrected chi connectivity index (χ3v) is 4.23. The fourth-order valence-electron chi connectivity index (χ4n) is 2.85. The van der Waals surface area contributed by atoms with Crippen molar-refractivity contribution in [1.82, 2.24) is 0 Å². The maximum absolute atomic E-state index is 10.6. The van der Waals surface area contributed by atoms with E-state index in [-0.39, 0.29) is 0 Å². The molecule has 1 heterocycles. The van der Waals surface area contributed by atoms with Crippen molar-refractivity contribution in [2.75, 3.05) is 0 Å². The molecule has 0 amide bonds. The molecule has 25 heavy (non-hydrogen) atoms. The third kappa shape index (κ3) is 3.39. The van der Waals surface area contributed by atoms with E-state index in [4.69, 9.17) is 4.42 Å². The molecule has 122 valence electrons. The van der Waals surface area contributed by atoms with Crippen molar-refractivity contribution in [3.8, 4) is 0 Å². The first-order chi connectivity index (χ1) is 12.3. The van der Waals surface area contributed by atoms with Crippen molar-refractivity contribution in [2.45, 2.75) is 6.10 Å². The first kappa shape index (κ1) is 15.4. The molecule has 0 radical (unpaired) electrons. The zero-order valence-electron chi connectivity index (χ0n) is 13.7. The van der Waals surface area contributed by atoms with Gasteiger partial charge >= 0.3 is 0 Å². The van der Waals surface area contributed by atoms with Gasteiger partial charge in [0.25, 0.3) is 0 Å². The van der Waals surface area contributed by atoms with Crippen LogP contribution in [0.25, 0.3) is 23.1 Å². The van der Waals surface area contributed by atoms with Crippen LogP contribution in [-0.2, 0) is 0 Å². The Labute approximate surface area is 146 Å². The molecule has 2 heteroatoms. The fourth-order valence-corrected chi connectivity index (χ4v) is 2.85. The molecule has 0 aliphatic heterocycles. The molecular weight excluding hydrogens is 308 g/mol. The summed E-state index contributed by atoms with van der Waals surface area (Å²) in [6.07, 6.45) is 3.37. The van der Waals surface area contributed by atoms with Crippen LogP contribution in [0.3, 0.4) is 0 Å². The molecule has 1 unspecified atom stereocenters. The Morgan fingerprint density at radius 3 is 2.08 bits per heavy atom. The second-order valence-corrected chi connectivity index (χ2v) is 6.00. The molecule has 4 aromatic rings. The predicted molar refractivity (Wildman–Crippen MR) is 102 cm³/mol. The topological polar surface area (TPSA) is 33.4 Å². The normalized spacial score (nSPS) is 12.7. The van der Waals surface area contributed by atoms with Crippen LogP contribution in [0, 0.1) is 0 Å². The number of furan rings is 1. The molecule has 1 aromatic heterocycles. The van der Waals surface area contributed by atoms with Gasteiger partial charge in [-0.3, -0.25) is 0 Å². The van der Waals surface area contributed by atoms with E-state index in [1.165, 1.54) is 0 Å². The summed E-state index contributed by atoms with van der Waals surface area (Å²) < 4.78 is 5.76. The largest absolute Gasteiger partial charge is 0.458 e. The zero-order chi connectivity index (χ0) is 17.1. The van der Waals surface area contributed by atoms with Crippen molar-refractivity contribution in [3.05, 3.63) is 107 Å². The minimum absolute atomic E-state index is 0.564. The molecular formula is C23H18O2. The average molecular weight is 326 g/mol. The number of fused-ring (bicyclic) bond motifs is 1. The minimum Gasteiger partial charge on any atom is -0.458 e. The van der Waals surface area contributed by atoms with Gasteiger partial charge in [0.2, 0.25) is 0 Å². The van der Waals surface area contributed by atoms with E-state index in [2.05, 4.69) is 24.3 Å². The third-order valence-electron chi connectivity index (χ3n) is 4.23. The van der Waals surface area contributed by atoms with E-state index in [0.29, 0.717) is 5.76 Å². The summed E-state index contributed by atoms with van der Waals surface area (Å²) in [5.74, 6) is 0.564. The highest BCUT2D eigenvalue weighted by atomic mass is 16.4. The molecule has 0 spiro atoms. The van der Waals surface area contributed by atoms with Gasteiger partial charge in [-0.1, -0.05) is 84.9 Å². The van der Waals surface area contributed by atoms with Gasteiger partial charge in [0, 0.05) is 5.39 Å². The molecule has 1 N–H and O–H groups in total. The number of hydrogen-bond acceptors (Lipinski definition) is 2. The summed E-state index contributed by atoms with van der Waals surface area (Å²) in [5.41, 5.74) is 3.85. The lowest BCUT2D eigenvalue weighted by molar-refractivity contribution is 0.192. The Kier molecular flexibility index (Phi) is 4.19. The monoisotopic (exact) mass is 326 g/mol. The van der Waals surface area contributed by atoms with Crippen molar-refractivity contribution in [1.29, 1.82) is 0 Å². The predicted octanol–water partition coefficient (Wildman–Crippen LogP) is 5.68. The van der Waals surface area contributed by atoms with Crippen LogP contribution in [0.15, 0.2) is 89.3 Å². The number of para-hydroxylation sites is 1. The maximum atomic E-state index is 10.6. The van der Waals surface area contributed by atoms with Crippen molar-refractivity contribution >= 4 is 23.1 Å². The van der Waals surface area contributed by atoms with Crippen molar-refractivity contribution < 1.29 is 9.52 Å². The first-order valence-corrected chi connectivity index (χ1v) is 8.29. The molecule has 0 fully saturated rings. The lowest BCUT2D eigenvalue weighted by Crippen LogP contribution is -1.97. The van der Waals surface area contributed by atoms with Crippen molar-refractivity contribution in [3.63, 3.8) is 0 Å². The van der Waals surface area contributed by atoms with Gasteiger partial charge in [-0.2, -0.15) is 0 Å². The Hall–Kier alpha value is -3.10. The smallest absolute Gasteiger partial charge is 0.138 e. The van der Waals surface area contributed by atoms with Gasteiger partial charge in [0.1, 0.15) is 17.4 Å². The highest BCUT2D eigenvalue weighted by Gasteiger charge is 2.15. The molecule has 3 aromatic carbocycles. The van der Waals surface area contributed by atoms with E-state index >= 15 is 0 Å². The van der Waals surface area contributed by atoms with Crippen molar-refractivity contribution in [2.24, 2.45) is 0 Å². The second-order valence-electron chi connectivity index (χ2n) is 6.00. The van der Waals surface area contributed by atoms with Crippen LogP contribution in [0.5, 0.6) is 0 Å². The molecule has 0 saturated heterocycles. The highest BCUT2D eigenvalue weighted by Crippen LogP contribution is 2.28. The Balaban J connectivity index is 1.54. The Bertz CT molecular complexity index is 962. The lowest BCUT2D eigenvalue weighted by atomic mass is 10.0. The van der Waals surface area contributed by atoms with Gasteiger partial charge in [0.05, 0.1) is 0 Å². The maximum Gasteiger partial charge on any atom is 0.138 e. The van der Waals surface area contributed by atoms with Gasteiger partial charge in [0.15, 0.2) is 0 Å². The summed E-state index contributed by atoms with van der Waals surface area (Å²) >= 11 is 0. The van der Waals surface area contributed by atoms with E-state index in [1.54, 1.807) is 0 Å². The Morgan fingerprint density at radius 2 is 1.36 bits per heavy atom. The summed E-state index contributed by atoms with van der Waals surface area (Å²) in [7, 11) is 0. The molecule has 0 aliphatic rings.